The van der Waals surface area contributed by atoms with E-state index in [1.807, 2.05) is 12.1 Å². The highest BCUT2D eigenvalue weighted by Crippen LogP contribution is 2.36. The van der Waals surface area contributed by atoms with Crippen LogP contribution in [0.15, 0.2) is 12.1 Å². The number of hydrogen-bond acceptors (Lipinski definition) is 1. The molecule has 16 heavy (non-hydrogen) atoms. The van der Waals surface area contributed by atoms with Crippen molar-refractivity contribution in [3.8, 4) is 0 Å². The first-order valence-corrected chi connectivity index (χ1v) is 6.19. The van der Waals surface area contributed by atoms with Crippen LogP contribution in [0.1, 0.15) is 36.7 Å². The van der Waals surface area contributed by atoms with Crippen LogP contribution in [0.5, 0.6) is 0 Å². The molecule has 0 spiro atoms. The van der Waals surface area contributed by atoms with Crippen molar-refractivity contribution in [3.63, 3.8) is 0 Å². The molecule has 3 heteroatoms. The number of benzene rings is 1. The molecule has 1 heterocycles. The van der Waals surface area contributed by atoms with E-state index in [1.54, 1.807) is 0 Å². The average Bonchev–Trinajstić information content (AvgIpc) is 2.43. The molecule has 0 amide bonds. The minimum atomic E-state index is 0.642. The Kier molecular flexibility index (Phi) is 2.21. The van der Waals surface area contributed by atoms with Gasteiger partial charge in [-0.25, -0.2) is 4.98 Å². The SMILES string of the molecule is Cc1cc(Cl)cc2c1nc(C)n2C1CCC1. The fraction of sp³-hybridized carbons (Fsp3) is 0.462. The van der Waals surface area contributed by atoms with E-state index in [0.717, 1.165) is 16.4 Å². The fourth-order valence-electron chi connectivity index (χ4n) is 2.54. The molecule has 1 aliphatic carbocycles. The van der Waals surface area contributed by atoms with Crippen molar-refractivity contribution in [1.29, 1.82) is 0 Å². The van der Waals surface area contributed by atoms with Crippen molar-refractivity contribution in [1.82, 2.24) is 9.55 Å². The molecule has 3 rings (SSSR count). The number of rotatable bonds is 1. The molecule has 1 saturated carbocycles. The van der Waals surface area contributed by atoms with Gasteiger partial charge < -0.3 is 4.57 Å². The second kappa shape index (κ2) is 3.49. The van der Waals surface area contributed by atoms with Crippen LogP contribution in [0.2, 0.25) is 5.02 Å². The zero-order valence-electron chi connectivity index (χ0n) is 9.63. The van der Waals surface area contributed by atoms with Gasteiger partial charge in [-0.1, -0.05) is 11.6 Å². The maximum atomic E-state index is 6.13. The molecule has 0 aliphatic heterocycles. The van der Waals surface area contributed by atoms with Gasteiger partial charge in [0.2, 0.25) is 0 Å². The van der Waals surface area contributed by atoms with Crippen LogP contribution < -0.4 is 0 Å². The summed E-state index contributed by atoms with van der Waals surface area (Å²) in [4.78, 5) is 4.66. The molecule has 84 valence electrons. The Bertz CT molecular complexity index is 553. The molecule has 1 aromatic carbocycles. The van der Waals surface area contributed by atoms with Gasteiger partial charge in [0, 0.05) is 11.1 Å². The minimum Gasteiger partial charge on any atom is -0.325 e. The van der Waals surface area contributed by atoms with E-state index in [9.17, 15) is 0 Å². The van der Waals surface area contributed by atoms with Gasteiger partial charge in [0.25, 0.3) is 0 Å². The Morgan fingerprint density at radius 2 is 2.06 bits per heavy atom. The smallest absolute Gasteiger partial charge is 0.106 e. The summed E-state index contributed by atoms with van der Waals surface area (Å²) >= 11 is 6.13. The Morgan fingerprint density at radius 3 is 2.69 bits per heavy atom. The highest BCUT2D eigenvalue weighted by molar-refractivity contribution is 6.31. The van der Waals surface area contributed by atoms with Crippen molar-refractivity contribution in [3.05, 3.63) is 28.5 Å². The first-order valence-electron chi connectivity index (χ1n) is 5.81. The molecule has 0 radical (unpaired) electrons. The van der Waals surface area contributed by atoms with Crippen molar-refractivity contribution in [2.75, 3.05) is 0 Å². The Balaban J connectivity index is 2.29. The lowest BCUT2D eigenvalue weighted by molar-refractivity contribution is 0.316. The molecule has 0 N–H and O–H groups in total. The minimum absolute atomic E-state index is 0.642. The number of aryl methyl sites for hydroxylation is 2. The zero-order chi connectivity index (χ0) is 11.3. The van der Waals surface area contributed by atoms with Crippen LogP contribution in [-0.2, 0) is 0 Å². The second-order valence-corrected chi connectivity index (χ2v) is 5.14. The summed E-state index contributed by atoms with van der Waals surface area (Å²) in [6, 6.07) is 4.67. The van der Waals surface area contributed by atoms with Gasteiger partial charge in [-0.3, -0.25) is 0 Å². The van der Waals surface area contributed by atoms with E-state index in [0.29, 0.717) is 6.04 Å². The number of halogens is 1. The third-order valence-electron chi connectivity index (χ3n) is 3.57. The summed E-state index contributed by atoms with van der Waals surface area (Å²) in [6.07, 6.45) is 3.89. The van der Waals surface area contributed by atoms with Gasteiger partial charge >= 0.3 is 0 Å². The fourth-order valence-corrected chi connectivity index (χ4v) is 2.81. The van der Waals surface area contributed by atoms with Gasteiger partial charge in [-0.15, -0.1) is 0 Å². The molecule has 0 atom stereocenters. The normalized spacial score (nSPS) is 16.7. The molecule has 2 aromatic rings. The van der Waals surface area contributed by atoms with Crippen LogP contribution in [0.4, 0.5) is 0 Å². The third kappa shape index (κ3) is 1.36. The number of nitrogens with zero attached hydrogens (tertiary/aromatic N) is 2. The van der Waals surface area contributed by atoms with Crippen molar-refractivity contribution in [2.24, 2.45) is 0 Å². The Morgan fingerprint density at radius 1 is 1.31 bits per heavy atom. The largest absolute Gasteiger partial charge is 0.325 e. The molecular weight excluding hydrogens is 220 g/mol. The zero-order valence-corrected chi connectivity index (χ0v) is 10.4. The highest BCUT2D eigenvalue weighted by atomic mass is 35.5. The summed E-state index contributed by atoms with van der Waals surface area (Å²) < 4.78 is 2.36. The molecule has 0 bridgehead atoms. The van der Waals surface area contributed by atoms with E-state index in [1.165, 1.54) is 30.3 Å². The monoisotopic (exact) mass is 234 g/mol. The molecule has 0 unspecified atom stereocenters. The van der Waals surface area contributed by atoms with Crippen LogP contribution in [0, 0.1) is 13.8 Å². The summed E-state index contributed by atoms with van der Waals surface area (Å²) in [7, 11) is 0. The van der Waals surface area contributed by atoms with Crippen LogP contribution in [-0.4, -0.2) is 9.55 Å². The second-order valence-electron chi connectivity index (χ2n) is 4.70. The number of fused-ring (bicyclic) bond motifs is 1. The standard InChI is InChI=1S/C13H15ClN2/c1-8-6-10(14)7-12-13(8)15-9(2)16(12)11-4-3-5-11/h6-7,11H,3-5H2,1-2H3. The van der Waals surface area contributed by atoms with E-state index >= 15 is 0 Å². The van der Waals surface area contributed by atoms with Crippen molar-refractivity contribution >= 4 is 22.6 Å². The Labute approximate surface area is 100 Å². The quantitative estimate of drug-likeness (QED) is 0.729. The summed E-state index contributed by atoms with van der Waals surface area (Å²) in [6.45, 7) is 4.16. The summed E-state index contributed by atoms with van der Waals surface area (Å²) in [5, 5.41) is 0.811. The first kappa shape index (κ1) is 10.2. The summed E-state index contributed by atoms with van der Waals surface area (Å²) in [5.41, 5.74) is 3.48. The maximum Gasteiger partial charge on any atom is 0.106 e. The van der Waals surface area contributed by atoms with Gasteiger partial charge in [-0.05, 0) is 50.8 Å². The van der Waals surface area contributed by atoms with Gasteiger partial charge in [0.1, 0.15) is 5.82 Å². The lowest BCUT2D eigenvalue weighted by atomic mass is 9.92. The molecule has 1 fully saturated rings. The number of imidazole rings is 1. The molecule has 1 aliphatic rings. The van der Waals surface area contributed by atoms with Crippen LogP contribution in [0.3, 0.4) is 0 Å². The van der Waals surface area contributed by atoms with E-state index < -0.39 is 0 Å². The van der Waals surface area contributed by atoms with Crippen molar-refractivity contribution < 1.29 is 0 Å². The number of aromatic nitrogens is 2. The lowest BCUT2D eigenvalue weighted by Crippen LogP contribution is -2.17. The first-order chi connectivity index (χ1) is 7.66. The van der Waals surface area contributed by atoms with Gasteiger partial charge in [-0.2, -0.15) is 0 Å². The van der Waals surface area contributed by atoms with E-state index in [2.05, 4.69) is 23.4 Å². The molecule has 1 aromatic heterocycles. The van der Waals surface area contributed by atoms with E-state index in [4.69, 9.17) is 11.6 Å². The van der Waals surface area contributed by atoms with Gasteiger partial charge in [0.15, 0.2) is 0 Å². The third-order valence-corrected chi connectivity index (χ3v) is 3.78. The lowest BCUT2D eigenvalue weighted by Gasteiger charge is -2.28. The highest BCUT2D eigenvalue weighted by Gasteiger charge is 2.23. The predicted octanol–water partition coefficient (Wildman–Crippen LogP) is 4.03. The summed E-state index contributed by atoms with van der Waals surface area (Å²) in [5.74, 6) is 1.12. The number of hydrogen-bond donors (Lipinski definition) is 0. The average molecular weight is 235 g/mol. The molecule has 2 nitrogen and oxygen atoms in total. The Hall–Kier alpha value is -1.02. The van der Waals surface area contributed by atoms with E-state index in [-0.39, 0.29) is 0 Å². The van der Waals surface area contributed by atoms with Crippen LogP contribution in [0.25, 0.3) is 11.0 Å². The van der Waals surface area contributed by atoms with Gasteiger partial charge in [0.05, 0.1) is 11.0 Å². The molecule has 0 saturated heterocycles. The molecular formula is C13H15ClN2. The van der Waals surface area contributed by atoms with Crippen molar-refractivity contribution in [2.45, 2.75) is 39.2 Å². The predicted molar refractivity (Wildman–Crippen MR) is 67.1 cm³/mol. The topological polar surface area (TPSA) is 17.8 Å². The van der Waals surface area contributed by atoms with Crippen LogP contribution >= 0.6 is 11.6 Å². The maximum absolute atomic E-state index is 6.13.